The van der Waals surface area contributed by atoms with Crippen LogP contribution in [0.25, 0.3) is 0 Å². The summed E-state index contributed by atoms with van der Waals surface area (Å²) < 4.78 is 16.3. The Kier molecular flexibility index (Phi) is 4.51. The minimum atomic E-state index is -1.57. The van der Waals surface area contributed by atoms with Gasteiger partial charge >= 0.3 is 11.9 Å². The zero-order valence-electron chi connectivity index (χ0n) is 15.9. The summed E-state index contributed by atoms with van der Waals surface area (Å²) >= 11 is 6.07. The normalized spacial score (nSPS) is 29.6. The van der Waals surface area contributed by atoms with E-state index >= 15 is 0 Å². The van der Waals surface area contributed by atoms with E-state index in [-0.39, 0.29) is 0 Å². The monoisotopic (exact) mass is 419 g/mol. The van der Waals surface area contributed by atoms with Gasteiger partial charge in [0.15, 0.2) is 5.60 Å². The number of fused-ring (bicyclic) bond motifs is 5. The second kappa shape index (κ2) is 6.67. The number of amides is 2. The molecule has 8 nitrogen and oxygen atoms in total. The van der Waals surface area contributed by atoms with Crippen LogP contribution in [0.3, 0.4) is 0 Å². The number of nitrogens with zero attached hydrogens (tertiary/aromatic N) is 1. The zero-order valence-corrected chi connectivity index (χ0v) is 16.6. The molecule has 3 aliphatic heterocycles. The van der Waals surface area contributed by atoms with Crippen molar-refractivity contribution < 1.29 is 33.4 Å². The summed E-state index contributed by atoms with van der Waals surface area (Å²) in [5.74, 6) is -4.22. The fourth-order valence-corrected chi connectivity index (χ4v) is 4.44. The van der Waals surface area contributed by atoms with Crippen molar-refractivity contribution in [3.63, 3.8) is 0 Å². The van der Waals surface area contributed by atoms with Crippen LogP contribution >= 0.6 is 11.6 Å². The molecule has 1 aromatic rings. The minimum absolute atomic E-state index is 0.382. The Labute approximate surface area is 171 Å². The number of halogens is 1. The van der Waals surface area contributed by atoms with Gasteiger partial charge in [-0.15, -0.1) is 0 Å². The first-order chi connectivity index (χ1) is 13.7. The lowest BCUT2D eigenvalue weighted by molar-refractivity contribution is -0.226. The molecule has 0 unspecified atom stereocenters. The summed E-state index contributed by atoms with van der Waals surface area (Å²) in [6, 6.07) is 4.93. The van der Waals surface area contributed by atoms with Crippen LogP contribution in [0.15, 0.2) is 30.4 Å². The molecule has 29 heavy (non-hydrogen) atoms. The van der Waals surface area contributed by atoms with E-state index in [0.29, 0.717) is 16.3 Å². The SMILES string of the molecule is CC(=O)OC(OC(C)=O)[C@@]12C=C[C@@H](O1)[C@@H]1C(=O)N(c3cc(Cl)ccc3C)C(=O)[C@H]12. The van der Waals surface area contributed by atoms with E-state index in [9.17, 15) is 19.2 Å². The minimum Gasteiger partial charge on any atom is -0.422 e. The highest BCUT2D eigenvalue weighted by atomic mass is 35.5. The maximum absolute atomic E-state index is 13.4. The van der Waals surface area contributed by atoms with Crippen LogP contribution in [0.2, 0.25) is 5.02 Å². The van der Waals surface area contributed by atoms with Gasteiger partial charge in [-0.1, -0.05) is 23.7 Å². The molecule has 4 atom stereocenters. The number of anilines is 1. The molecule has 2 amide bonds. The Morgan fingerprint density at radius 3 is 2.45 bits per heavy atom. The van der Waals surface area contributed by atoms with Gasteiger partial charge in [-0.2, -0.15) is 0 Å². The van der Waals surface area contributed by atoms with E-state index in [2.05, 4.69) is 0 Å². The van der Waals surface area contributed by atoms with E-state index in [1.54, 1.807) is 31.2 Å². The number of aryl methyl sites for hydroxylation is 1. The van der Waals surface area contributed by atoms with Crippen molar-refractivity contribution in [2.24, 2.45) is 11.8 Å². The van der Waals surface area contributed by atoms with Crippen LogP contribution in [0.4, 0.5) is 5.69 Å². The first-order valence-electron chi connectivity index (χ1n) is 9.01. The molecule has 0 saturated carbocycles. The van der Waals surface area contributed by atoms with E-state index in [4.69, 9.17) is 25.8 Å². The Morgan fingerprint density at radius 1 is 1.17 bits per heavy atom. The van der Waals surface area contributed by atoms with Crippen LogP contribution in [0.1, 0.15) is 19.4 Å². The highest BCUT2D eigenvalue weighted by Gasteiger charge is 2.72. The zero-order chi connectivity index (χ0) is 21.1. The quantitative estimate of drug-likeness (QED) is 0.318. The Morgan fingerprint density at radius 2 is 1.83 bits per heavy atom. The Hall–Kier alpha value is -2.71. The average Bonchev–Trinajstić information content (AvgIpc) is 3.27. The van der Waals surface area contributed by atoms with Crippen LogP contribution in [0, 0.1) is 18.8 Å². The molecule has 0 N–H and O–H groups in total. The fourth-order valence-electron chi connectivity index (χ4n) is 4.28. The average molecular weight is 420 g/mol. The van der Waals surface area contributed by atoms with E-state index in [1.807, 2.05) is 0 Å². The second-order valence-electron chi connectivity index (χ2n) is 7.29. The number of hydrogen-bond donors (Lipinski definition) is 0. The number of esters is 2. The first-order valence-corrected chi connectivity index (χ1v) is 9.39. The molecule has 0 aromatic heterocycles. The van der Waals surface area contributed by atoms with Crippen LogP contribution in [-0.2, 0) is 33.4 Å². The van der Waals surface area contributed by atoms with Crippen molar-refractivity contribution >= 4 is 41.0 Å². The van der Waals surface area contributed by atoms with Gasteiger partial charge in [0.25, 0.3) is 6.29 Å². The lowest BCUT2D eigenvalue weighted by Crippen LogP contribution is -2.52. The summed E-state index contributed by atoms with van der Waals surface area (Å²) in [4.78, 5) is 50.9. The van der Waals surface area contributed by atoms with Crippen molar-refractivity contribution in [3.05, 3.63) is 40.9 Å². The molecular formula is C20H18ClNO7. The first kappa shape index (κ1) is 19.6. The molecule has 3 aliphatic rings. The van der Waals surface area contributed by atoms with Crippen molar-refractivity contribution in [2.45, 2.75) is 38.8 Å². The van der Waals surface area contributed by atoms with Gasteiger partial charge in [0.2, 0.25) is 11.8 Å². The van der Waals surface area contributed by atoms with Gasteiger partial charge in [0.1, 0.15) is 0 Å². The molecule has 0 spiro atoms. The second-order valence-corrected chi connectivity index (χ2v) is 7.73. The van der Waals surface area contributed by atoms with Gasteiger partial charge in [-0.05, 0) is 30.7 Å². The highest BCUT2D eigenvalue weighted by Crippen LogP contribution is 2.55. The smallest absolute Gasteiger partial charge is 0.305 e. The van der Waals surface area contributed by atoms with Gasteiger partial charge in [-0.3, -0.25) is 19.2 Å². The molecule has 1 aromatic carbocycles. The predicted octanol–water partition coefficient (Wildman–Crippen LogP) is 1.91. The summed E-state index contributed by atoms with van der Waals surface area (Å²) in [6.07, 6.45) is 0.968. The third-order valence-corrected chi connectivity index (χ3v) is 5.64. The molecular weight excluding hydrogens is 402 g/mol. The number of carbonyl (C=O) groups excluding carboxylic acids is 4. The molecule has 3 heterocycles. The number of carbonyl (C=O) groups is 4. The fraction of sp³-hybridized carbons (Fsp3) is 0.400. The van der Waals surface area contributed by atoms with Crippen molar-refractivity contribution in [2.75, 3.05) is 4.90 Å². The lowest BCUT2D eigenvalue weighted by Gasteiger charge is -2.34. The summed E-state index contributed by atoms with van der Waals surface area (Å²) in [5, 5.41) is 0.382. The Bertz CT molecular complexity index is 958. The molecule has 2 fully saturated rings. The number of imide groups is 1. The Balaban J connectivity index is 1.77. The third-order valence-electron chi connectivity index (χ3n) is 5.40. The third kappa shape index (κ3) is 2.86. The molecule has 4 rings (SSSR count). The summed E-state index contributed by atoms with van der Waals surface area (Å²) in [6.45, 7) is 4.07. The largest absolute Gasteiger partial charge is 0.422 e. The van der Waals surface area contributed by atoms with E-state index in [0.717, 1.165) is 18.7 Å². The molecule has 152 valence electrons. The summed E-state index contributed by atoms with van der Waals surface area (Å²) in [5.41, 5.74) is -0.489. The van der Waals surface area contributed by atoms with Gasteiger partial charge in [-0.25, -0.2) is 4.90 Å². The summed E-state index contributed by atoms with van der Waals surface area (Å²) in [7, 11) is 0. The van der Waals surface area contributed by atoms with Crippen LogP contribution < -0.4 is 4.90 Å². The highest BCUT2D eigenvalue weighted by molar-refractivity contribution is 6.31. The van der Waals surface area contributed by atoms with Crippen molar-refractivity contribution in [3.8, 4) is 0 Å². The molecule has 2 saturated heterocycles. The molecule has 2 bridgehead atoms. The van der Waals surface area contributed by atoms with Crippen LogP contribution in [0.5, 0.6) is 0 Å². The number of rotatable bonds is 4. The van der Waals surface area contributed by atoms with E-state index < -0.39 is 53.6 Å². The van der Waals surface area contributed by atoms with E-state index in [1.165, 1.54) is 6.08 Å². The molecule has 9 heteroatoms. The van der Waals surface area contributed by atoms with Crippen LogP contribution in [-0.4, -0.2) is 41.7 Å². The predicted molar refractivity (Wildman–Crippen MR) is 99.7 cm³/mol. The number of ether oxygens (including phenoxy) is 3. The van der Waals surface area contributed by atoms with Crippen molar-refractivity contribution in [1.82, 2.24) is 0 Å². The topological polar surface area (TPSA) is 99.2 Å². The van der Waals surface area contributed by atoms with Gasteiger partial charge in [0.05, 0.1) is 23.6 Å². The number of benzene rings is 1. The standard InChI is InChI=1S/C20H18ClNO7/c1-9-4-5-12(21)8-13(9)22-17(25)15-14-6-7-20(29-14,16(15)18(22)26)19(27-10(2)23)28-11(3)24/h4-8,14-16,19H,1-3H3/t14-,15+,16+,20+/m1/s1. The van der Waals surface area contributed by atoms with Crippen molar-refractivity contribution in [1.29, 1.82) is 0 Å². The van der Waals surface area contributed by atoms with Gasteiger partial charge < -0.3 is 14.2 Å². The lowest BCUT2D eigenvalue weighted by atomic mass is 9.76. The maximum Gasteiger partial charge on any atom is 0.305 e. The maximum atomic E-state index is 13.4. The number of hydrogen-bond acceptors (Lipinski definition) is 7. The molecule has 0 radical (unpaired) electrons. The molecule has 0 aliphatic carbocycles. The van der Waals surface area contributed by atoms with Gasteiger partial charge in [0, 0.05) is 18.9 Å².